The van der Waals surface area contributed by atoms with Crippen LogP contribution in [-0.2, 0) is 25.5 Å². The predicted octanol–water partition coefficient (Wildman–Crippen LogP) is 2.73. The van der Waals surface area contributed by atoms with Crippen LogP contribution < -0.4 is 10.2 Å². The zero-order valence-corrected chi connectivity index (χ0v) is 16.3. The van der Waals surface area contributed by atoms with Crippen LogP contribution in [0.3, 0.4) is 0 Å². The first-order valence-corrected chi connectivity index (χ1v) is 9.63. The van der Waals surface area contributed by atoms with Crippen LogP contribution in [0.4, 0.5) is 5.69 Å². The smallest absolute Gasteiger partial charge is 0.328 e. The molecule has 6 nitrogen and oxygen atoms in total. The van der Waals surface area contributed by atoms with Crippen LogP contribution in [0.15, 0.2) is 60.7 Å². The molecule has 3 rings (SSSR count). The van der Waals surface area contributed by atoms with Gasteiger partial charge in [0.1, 0.15) is 6.04 Å². The van der Waals surface area contributed by atoms with Crippen molar-refractivity contribution in [1.29, 1.82) is 0 Å². The van der Waals surface area contributed by atoms with Crippen LogP contribution in [0.25, 0.3) is 6.08 Å². The van der Waals surface area contributed by atoms with Gasteiger partial charge in [0.25, 0.3) is 5.91 Å². The molecule has 150 valence electrons. The molecule has 0 unspecified atom stereocenters. The summed E-state index contributed by atoms with van der Waals surface area (Å²) in [6.07, 6.45) is 4.82. The first-order valence-electron chi connectivity index (χ1n) is 9.63. The number of fused-ring (bicyclic) bond motifs is 1. The van der Waals surface area contributed by atoms with Crippen LogP contribution in [0, 0.1) is 0 Å². The molecular weight excluding hydrogens is 368 g/mol. The molecule has 0 saturated carbocycles. The lowest BCUT2D eigenvalue weighted by Gasteiger charge is -2.29. The molecule has 2 aromatic rings. The van der Waals surface area contributed by atoms with Crippen molar-refractivity contribution < 1.29 is 19.1 Å². The summed E-state index contributed by atoms with van der Waals surface area (Å²) in [7, 11) is 0. The van der Waals surface area contributed by atoms with Crippen molar-refractivity contribution in [2.45, 2.75) is 25.8 Å². The molecule has 0 aliphatic carbocycles. The van der Waals surface area contributed by atoms with Gasteiger partial charge in [-0.05, 0) is 43.0 Å². The lowest BCUT2D eigenvalue weighted by atomic mass is 10.0. The second kappa shape index (κ2) is 9.68. The highest BCUT2D eigenvalue weighted by Crippen LogP contribution is 2.26. The SMILES string of the molecule is C[C@H](NC(=O)/C=C/c1ccccc1)C(=O)OCC(=O)N1CCCc2ccccc21. The van der Waals surface area contributed by atoms with Gasteiger partial charge in [0.15, 0.2) is 6.61 Å². The van der Waals surface area contributed by atoms with Crippen LogP contribution in [0.1, 0.15) is 24.5 Å². The lowest BCUT2D eigenvalue weighted by molar-refractivity contribution is -0.150. The minimum Gasteiger partial charge on any atom is -0.454 e. The maximum atomic E-state index is 12.5. The molecule has 0 spiro atoms. The molecule has 1 atom stereocenters. The fourth-order valence-electron chi connectivity index (χ4n) is 3.18. The molecule has 1 aliphatic heterocycles. The van der Waals surface area contributed by atoms with E-state index in [1.54, 1.807) is 11.0 Å². The maximum Gasteiger partial charge on any atom is 0.328 e. The number of nitrogens with one attached hydrogen (secondary N) is 1. The Labute approximate surface area is 170 Å². The van der Waals surface area contributed by atoms with Crippen molar-refractivity contribution in [2.24, 2.45) is 0 Å². The number of benzene rings is 2. The molecule has 1 heterocycles. The molecule has 0 aromatic heterocycles. The fourth-order valence-corrected chi connectivity index (χ4v) is 3.18. The lowest BCUT2D eigenvalue weighted by Crippen LogP contribution is -2.42. The van der Waals surface area contributed by atoms with E-state index < -0.39 is 17.9 Å². The van der Waals surface area contributed by atoms with Gasteiger partial charge in [-0.15, -0.1) is 0 Å². The molecule has 0 saturated heterocycles. The molecule has 29 heavy (non-hydrogen) atoms. The zero-order valence-electron chi connectivity index (χ0n) is 16.3. The highest BCUT2D eigenvalue weighted by molar-refractivity contribution is 5.97. The molecule has 0 bridgehead atoms. The second-order valence-electron chi connectivity index (χ2n) is 6.86. The Bertz CT molecular complexity index is 908. The van der Waals surface area contributed by atoms with E-state index in [2.05, 4.69) is 5.32 Å². The summed E-state index contributed by atoms with van der Waals surface area (Å²) in [5.41, 5.74) is 2.86. The van der Waals surface area contributed by atoms with Crippen molar-refractivity contribution in [1.82, 2.24) is 5.32 Å². The number of hydrogen-bond donors (Lipinski definition) is 1. The van der Waals surface area contributed by atoms with Crippen LogP contribution in [-0.4, -0.2) is 37.0 Å². The molecule has 2 aromatic carbocycles. The van der Waals surface area contributed by atoms with Gasteiger partial charge in [-0.3, -0.25) is 9.59 Å². The van der Waals surface area contributed by atoms with Crippen molar-refractivity contribution in [3.05, 3.63) is 71.8 Å². The van der Waals surface area contributed by atoms with Crippen LogP contribution in [0.5, 0.6) is 0 Å². The van der Waals surface area contributed by atoms with Gasteiger partial charge < -0.3 is 15.0 Å². The first-order chi connectivity index (χ1) is 14.0. The van der Waals surface area contributed by atoms with Gasteiger partial charge in [0, 0.05) is 18.3 Å². The van der Waals surface area contributed by atoms with Gasteiger partial charge in [-0.25, -0.2) is 4.79 Å². The molecule has 0 radical (unpaired) electrons. The van der Waals surface area contributed by atoms with E-state index in [9.17, 15) is 14.4 Å². The molecule has 1 aliphatic rings. The Morgan fingerprint density at radius 2 is 1.83 bits per heavy atom. The van der Waals surface area contributed by atoms with Crippen molar-refractivity contribution >= 4 is 29.5 Å². The number of nitrogens with zero attached hydrogens (tertiary/aromatic N) is 1. The summed E-state index contributed by atoms with van der Waals surface area (Å²) in [5.74, 6) is -1.33. The van der Waals surface area contributed by atoms with Crippen molar-refractivity contribution in [3.8, 4) is 0 Å². The van der Waals surface area contributed by atoms with E-state index in [0.717, 1.165) is 29.7 Å². The molecular formula is C23H24N2O4. The normalized spacial score (nSPS) is 14.2. The molecule has 6 heteroatoms. The van der Waals surface area contributed by atoms with E-state index in [0.29, 0.717) is 6.54 Å². The van der Waals surface area contributed by atoms with Crippen LogP contribution >= 0.6 is 0 Å². The van der Waals surface area contributed by atoms with E-state index in [4.69, 9.17) is 4.74 Å². The predicted molar refractivity (Wildman–Crippen MR) is 111 cm³/mol. The van der Waals surface area contributed by atoms with Crippen molar-refractivity contribution in [3.63, 3.8) is 0 Å². The van der Waals surface area contributed by atoms with E-state index in [1.807, 2.05) is 54.6 Å². The third kappa shape index (κ3) is 5.54. The van der Waals surface area contributed by atoms with E-state index in [-0.39, 0.29) is 12.5 Å². The quantitative estimate of drug-likeness (QED) is 0.606. The van der Waals surface area contributed by atoms with Gasteiger partial charge in [0.2, 0.25) is 5.91 Å². The number of carbonyl (C=O) groups excluding carboxylic acids is 3. The Morgan fingerprint density at radius 1 is 1.10 bits per heavy atom. The molecule has 0 fully saturated rings. The summed E-state index contributed by atoms with van der Waals surface area (Å²) in [6.45, 7) is 1.77. The molecule has 2 amide bonds. The van der Waals surface area contributed by atoms with E-state index >= 15 is 0 Å². The number of para-hydroxylation sites is 1. The zero-order chi connectivity index (χ0) is 20.6. The highest BCUT2D eigenvalue weighted by atomic mass is 16.5. The van der Waals surface area contributed by atoms with E-state index in [1.165, 1.54) is 13.0 Å². The average molecular weight is 392 g/mol. The minimum atomic E-state index is -0.857. The topological polar surface area (TPSA) is 75.7 Å². The van der Waals surface area contributed by atoms with Gasteiger partial charge in [-0.2, -0.15) is 0 Å². The van der Waals surface area contributed by atoms with Gasteiger partial charge in [-0.1, -0.05) is 48.5 Å². The third-order valence-corrected chi connectivity index (χ3v) is 4.69. The standard InChI is InChI=1S/C23H24N2O4/c1-17(24-21(26)14-13-18-8-3-2-4-9-18)23(28)29-16-22(27)25-15-7-11-19-10-5-6-12-20(19)25/h2-6,8-10,12-14,17H,7,11,15-16H2,1H3,(H,24,26)/b14-13+/t17-/m0/s1. The number of esters is 1. The first kappa shape index (κ1) is 20.3. The number of rotatable bonds is 6. The largest absolute Gasteiger partial charge is 0.454 e. The minimum absolute atomic E-state index is 0.270. The number of carbonyl (C=O) groups is 3. The Morgan fingerprint density at radius 3 is 2.62 bits per heavy atom. The summed E-state index contributed by atoms with van der Waals surface area (Å²) in [4.78, 5) is 38.3. The second-order valence-corrected chi connectivity index (χ2v) is 6.86. The number of hydrogen-bond acceptors (Lipinski definition) is 4. The van der Waals surface area contributed by atoms with Crippen molar-refractivity contribution in [2.75, 3.05) is 18.1 Å². The third-order valence-electron chi connectivity index (χ3n) is 4.69. The van der Waals surface area contributed by atoms with Gasteiger partial charge in [0.05, 0.1) is 0 Å². The number of ether oxygens (including phenoxy) is 1. The number of amides is 2. The number of anilines is 1. The summed E-state index contributed by atoms with van der Waals surface area (Å²) in [6, 6.07) is 16.2. The summed E-state index contributed by atoms with van der Waals surface area (Å²) in [5, 5.41) is 2.54. The van der Waals surface area contributed by atoms with Crippen LogP contribution in [0.2, 0.25) is 0 Å². The maximum absolute atomic E-state index is 12.5. The fraction of sp³-hybridized carbons (Fsp3) is 0.261. The molecule has 1 N–H and O–H groups in total. The Hall–Kier alpha value is -3.41. The Balaban J connectivity index is 1.48. The highest BCUT2D eigenvalue weighted by Gasteiger charge is 2.24. The summed E-state index contributed by atoms with van der Waals surface area (Å²) < 4.78 is 5.13. The average Bonchev–Trinajstić information content (AvgIpc) is 2.76. The Kier molecular flexibility index (Phi) is 6.79. The monoisotopic (exact) mass is 392 g/mol. The summed E-state index contributed by atoms with van der Waals surface area (Å²) >= 11 is 0. The number of aryl methyl sites for hydroxylation is 1. The van der Waals surface area contributed by atoms with Gasteiger partial charge >= 0.3 is 5.97 Å².